The zero-order valence-electron chi connectivity index (χ0n) is 22.2. The van der Waals surface area contributed by atoms with E-state index in [4.69, 9.17) is 18.5 Å². The summed E-state index contributed by atoms with van der Waals surface area (Å²) in [7, 11) is -4.55. The number of nitrogens with one attached hydrogen (secondary N) is 2. The SMILES string of the molecule is C[C@H](NP(=O)(OC[C@@]1(F)O[C@@H](N2C=CC(O)NC2=O)[C@](C)(O)C1O)Oc1ccccc1)C(=O)OCC(C)(C)C. The molecule has 2 heterocycles. The van der Waals surface area contributed by atoms with Crippen LogP contribution in [-0.2, 0) is 23.4 Å². The number of alkyl halides is 1. The molecule has 2 amide bonds. The number of amides is 2. The van der Waals surface area contributed by atoms with Crippen molar-refractivity contribution >= 4 is 19.7 Å². The van der Waals surface area contributed by atoms with Crippen LogP contribution < -0.4 is 14.9 Å². The molecule has 1 aromatic rings. The number of carbonyl (C=O) groups is 2. The molecule has 15 heteroatoms. The van der Waals surface area contributed by atoms with Gasteiger partial charge in [0.05, 0.1) is 6.61 Å². The van der Waals surface area contributed by atoms with Crippen LogP contribution >= 0.6 is 7.75 Å². The number of hydrogen-bond donors (Lipinski definition) is 5. The molecule has 0 radical (unpaired) electrons. The molecule has 2 aliphatic heterocycles. The molecule has 5 N–H and O–H groups in total. The van der Waals surface area contributed by atoms with E-state index in [2.05, 4.69) is 10.4 Å². The van der Waals surface area contributed by atoms with E-state index in [-0.39, 0.29) is 17.8 Å². The number of rotatable bonds is 10. The number of hydrogen-bond acceptors (Lipinski definition) is 10. The molecule has 1 saturated heterocycles. The van der Waals surface area contributed by atoms with Crippen molar-refractivity contribution in [3.63, 3.8) is 0 Å². The third kappa shape index (κ3) is 7.54. The number of para-hydroxylation sites is 1. The number of aliphatic hydroxyl groups is 3. The average Bonchev–Trinajstić information content (AvgIpc) is 3.02. The van der Waals surface area contributed by atoms with Gasteiger partial charge in [0.15, 0.2) is 6.23 Å². The zero-order chi connectivity index (χ0) is 29.2. The molecule has 218 valence electrons. The molecule has 0 aliphatic carbocycles. The second-order valence-electron chi connectivity index (χ2n) is 10.7. The van der Waals surface area contributed by atoms with E-state index in [1.165, 1.54) is 19.1 Å². The van der Waals surface area contributed by atoms with Crippen molar-refractivity contribution in [2.24, 2.45) is 5.41 Å². The molecular formula is C24H35FN3O10P. The van der Waals surface area contributed by atoms with Gasteiger partial charge in [0, 0.05) is 6.20 Å². The highest BCUT2D eigenvalue weighted by molar-refractivity contribution is 7.52. The Balaban J connectivity index is 1.79. The monoisotopic (exact) mass is 575 g/mol. The Morgan fingerprint density at radius 2 is 1.95 bits per heavy atom. The molecule has 3 rings (SSSR count). The third-order valence-corrected chi connectivity index (χ3v) is 7.33. The number of aliphatic hydroxyl groups excluding tert-OH is 2. The normalized spacial score (nSPS) is 31.4. The molecule has 7 atom stereocenters. The van der Waals surface area contributed by atoms with Gasteiger partial charge < -0.3 is 34.6 Å². The third-order valence-electron chi connectivity index (χ3n) is 5.71. The molecule has 2 aliphatic rings. The molecule has 39 heavy (non-hydrogen) atoms. The lowest BCUT2D eigenvalue weighted by Crippen LogP contribution is -2.57. The quantitative estimate of drug-likeness (QED) is 0.203. The number of urea groups is 1. The van der Waals surface area contributed by atoms with E-state index < -0.39 is 62.4 Å². The van der Waals surface area contributed by atoms with Crippen LogP contribution in [0.15, 0.2) is 42.6 Å². The predicted octanol–water partition coefficient (Wildman–Crippen LogP) is 1.75. The number of nitrogens with zero attached hydrogens (tertiary/aromatic N) is 1. The number of esters is 1. The van der Waals surface area contributed by atoms with E-state index >= 15 is 4.39 Å². The fraction of sp³-hybridized carbons (Fsp3) is 0.583. The topological polar surface area (TPSA) is 176 Å². The highest BCUT2D eigenvalue weighted by Gasteiger charge is 2.65. The van der Waals surface area contributed by atoms with Crippen molar-refractivity contribution in [3.8, 4) is 5.75 Å². The van der Waals surface area contributed by atoms with Gasteiger partial charge in [-0.3, -0.25) is 14.2 Å². The fourth-order valence-electron chi connectivity index (χ4n) is 3.65. The number of carbonyl (C=O) groups excluding carboxylic acids is 2. The van der Waals surface area contributed by atoms with Crippen LogP contribution in [0, 0.1) is 5.41 Å². The van der Waals surface area contributed by atoms with Crippen molar-refractivity contribution in [3.05, 3.63) is 42.6 Å². The van der Waals surface area contributed by atoms with Crippen molar-refractivity contribution in [2.45, 2.75) is 70.7 Å². The maximum atomic E-state index is 15.9. The molecule has 0 saturated carbocycles. The summed E-state index contributed by atoms with van der Waals surface area (Å²) in [6.07, 6.45) is -3.18. The molecule has 0 bridgehead atoms. The van der Waals surface area contributed by atoms with Crippen molar-refractivity contribution in [2.75, 3.05) is 13.2 Å². The zero-order valence-corrected chi connectivity index (χ0v) is 23.1. The maximum absolute atomic E-state index is 15.9. The largest absolute Gasteiger partial charge is 0.464 e. The standard InChI is InChI=1S/C24H35FN3O10P/c1-15(18(30)35-13-22(2,3)4)27-39(34,38-16-9-7-6-8-10-16)36-14-24(25)19(31)23(5,33)20(37-24)28-12-11-17(29)26-21(28)32/h6-12,15,17,19-20,29,31,33H,13-14H2,1-5H3,(H,26,32)(H,27,34)/t15-,17?,19?,20+,23+,24+,39?/m0/s1. The van der Waals surface area contributed by atoms with Gasteiger partial charge in [-0.25, -0.2) is 13.8 Å². The van der Waals surface area contributed by atoms with Gasteiger partial charge in [-0.1, -0.05) is 39.0 Å². The lowest BCUT2D eigenvalue weighted by atomic mass is 9.95. The minimum absolute atomic E-state index is 0.0583. The molecule has 3 unspecified atom stereocenters. The Labute approximate surface area is 225 Å². The van der Waals surface area contributed by atoms with Gasteiger partial charge in [-0.2, -0.15) is 5.09 Å². The minimum atomic E-state index is -4.55. The first-order valence-electron chi connectivity index (χ1n) is 12.1. The Kier molecular flexibility index (Phi) is 9.12. The molecule has 1 fully saturated rings. The lowest BCUT2D eigenvalue weighted by molar-refractivity contribution is -0.204. The molecule has 13 nitrogen and oxygen atoms in total. The van der Waals surface area contributed by atoms with Crippen LogP contribution in [0.4, 0.5) is 9.18 Å². The van der Waals surface area contributed by atoms with Crippen LogP contribution in [0.2, 0.25) is 0 Å². The average molecular weight is 576 g/mol. The van der Waals surface area contributed by atoms with Crippen molar-refractivity contribution in [1.82, 2.24) is 15.3 Å². The number of halogens is 1. The van der Waals surface area contributed by atoms with Crippen LogP contribution in [0.5, 0.6) is 5.75 Å². The summed E-state index contributed by atoms with van der Waals surface area (Å²) in [5.41, 5.74) is -2.71. The van der Waals surface area contributed by atoms with Gasteiger partial charge in [0.1, 0.15) is 36.3 Å². The van der Waals surface area contributed by atoms with Crippen LogP contribution in [0.1, 0.15) is 34.6 Å². The van der Waals surface area contributed by atoms with E-state index in [1.807, 2.05) is 20.8 Å². The molecular weight excluding hydrogens is 540 g/mol. The second kappa shape index (κ2) is 11.5. The first kappa shape index (κ1) is 31.0. The van der Waals surface area contributed by atoms with Gasteiger partial charge in [0.25, 0.3) is 5.85 Å². The van der Waals surface area contributed by atoms with E-state index in [1.54, 1.807) is 18.2 Å². The summed E-state index contributed by atoms with van der Waals surface area (Å²) in [5, 5.41) is 35.5. The van der Waals surface area contributed by atoms with Crippen molar-refractivity contribution < 1.29 is 52.4 Å². The predicted molar refractivity (Wildman–Crippen MR) is 135 cm³/mol. The summed E-state index contributed by atoms with van der Waals surface area (Å²) in [6, 6.07) is 5.57. The van der Waals surface area contributed by atoms with Crippen molar-refractivity contribution in [1.29, 1.82) is 0 Å². The van der Waals surface area contributed by atoms with Crippen LogP contribution in [-0.4, -0.2) is 81.5 Å². The Bertz CT molecular complexity index is 1120. The van der Waals surface area contributed by atoms with E-state index in [9.17, 15) is 29.5 Å². The first-order valence-corrected chi connectivity index (χ1v) is 13.7. The maximum Gasteiger partial charge on any atom is 0.459 e. The van der Waals surface area contributed by atoms with Gasteiger partial charge in [-0.15, -0.1) is 0 Å². The van der Waals surface area contributed by atoms with Gasteiger partial charge >= 0.3 is 19.7 Å². The Morgan fingerprint density at radius 3 is 2.54 bits per heavy atom. The smallest absolute Gasteiger partial charge is 0.459 e. The molecule has 1 aromatic carbocycles. The summed E-state index contributed by atoms with van der Waals surface area (Å²) in [4.78, 5) is 25.5. The van der Waals surface area contributed by atoms with E-state index in [0.29, 0.717) is 0 Å². The highest BCUT2D eigenvalue weighted by atomic mass is 31.2. The molecule has 0 spiro atoms. The van der Waals surface area contributed by atoms with Crippen LogP contribution in [0.25, 0.3) is 0 Å². The Morgan fingerprint density at radius 1 is 1.31 bits per heavy atom. The summed E-state index contributed by atoms with van der Waals surface area (Å²) in [6.45, 7) is 6.76. The summed E-state index contributed by atoms with van der Waals surface area (Å²) in [5.74, 6) is -3.90. The van der Waals surface area contributed by atoms with Crippen LogP contribution in [0.3, 0.4) is 0 Å². The minimum Gasteiger partial charge on any atom is -0.464 e. The highest BCUT2D eigenvalue weighted by Crippen LogP contribution is 2.49. The first-order chi connectivity index (χ1) is 18.0. The van der Waals surface area contributed by atoms with Gasteiger partial charge in [-0.05, 0) is 37.5 Å². The Hall–Kier alpha value is -2.58. The lowest BCUT2D eigenvalue weighted by Gasteiger charge is -2.35. The fourth-order valence-corrected chi connectivity index (χ4v) is 5.16. The summed E-state index contributed by atoms with van der Waals surface area (Å²) >= 11 is 0. The summed E-state index contributed by atoms with van der Waals surface area (Å²) < 4.78 is 50.9. The number of ether oxygens (including phenoxy) is 2. The number of benzene rings is 1. The molecule has 0 aromatic heterocycles. The van der Waals surface area contributed by atoms with Gasteiger partial charge in [0.2, 0.25) is 0 Å². The van der Waals surface area contributed by atoms with E-state index in [0.717, 1.165) is 24.1 Å². The second-order valence-corrected chi connectivity index (χ2v) is 12.4.